The third kappa shape index (κ3) is 2.28. The minimum Gasteiger partial charge on any atom is -0.515 e. The number of rotatable bonds is 3. The highest BCUT2D eigenvalue weighted by Crippen LogP contribution is 2.20. The van der Waals surface area contributed by atoms with E-state index in [-0.39, 0.29) is 12.0 Å². The number of benzene rings is 2. The maximum absolute atomic E-state index is 10.8. The molecule has 0 saturated heterocycles. The summed E-state index contributed by atoms with van der Waals surface area (Å²) in [5.41, 5.74) is 0.882. The number of fused-ring (bicyclic) bond motifs is 1. The molecule has 0 amide bonds. The average Bonchev–Trinajstić information content (AvgIpc) is 2.35. The van der Waals surface area contributed by atoms with E-state index in [0.717, 1.165) is 16.3 Å². The van der Waals surface area contributed by atoms with Crippen molar-refractivity contribution in [1.82, 2.24) is 0 Å². The van der Waals surface area contributed by atoms with Gasteiger partial charge in [0.2, 0.25) is 0 Å². The molecule has 0 fully saturated rings. The maximum Gasteiger partial charge on any atom is 0.335 e. The van der Waals surface area contributed by atoms with Crippen LogP contribution >= 0.6 is 0 Å². The monoisotopic (exact) mass is 228 g/mol. The quantitative estimate of drug-likeness (QED) is 0.627. The van der Waals surface area contributed by atoms with Crippen molar-refractivity contribution in [1.29, 1.82) is 0 Å². The van der Waals surface area contributed by atoms with Gasteiger partial charge in [-0.2, -0.15) is 0 Å². The topological polar surface area (TPSA) is 57.5 Å². The molecule has 0 heterocycles. The Balaban J connectivity index is 2.46. The molecule has 0 bridgehead atoms. The van der Waals surface area contributed by atoms with Crippen molar-refractivity contribution < 1.29 is 15.0 Å². The van der Waals surface area contributed by atoms with Crippen LogP contribution in [0, 0.1) is 0 Å². The summed E-state index contributed by atoms with van der Waals surface area (Å²) in [7, 11) is 0. The predicted molar refractivity (Wildman–Crippen MR) is 66.0 cm³/mol. The van der Waals surface area contributed by atoms with Crippen LogP contribution in [0.1, 0.15) is 5.56 Å². The summed E-state index contributed by atoms with van der Waals surface area (Å²) in [6.45, 7) is 0. The van der Waals surface area contributed by atoms with Crippen molar-refractivity contribution >= 4 is 16.7 Å². The fraction of sp³-hybridized carbons (Fsp3) is 0.0714. The van der Waals surface area contributed by atoms with Gasteiger partial charge < -0.3 is 10.2 Å². The van der Waals surface area contributed by atoms with Crippen molar-refractivity contribution in [2.24, 2.45) is 0 Å². The lowest BCUT2D eigenvalue weighted by molar-refractivity contribution is -0.132. The van der Waals surface area contributed by atoms with Crippen LogP contribution in [0.5, 0.6) is 0 Å². The Hall–Kier alpha value is -2.29. The summed E-state index contributed by atoms with van der Waals surface area (Å²) in [5.74, 6) is -1.10. The second-order valence-corrected chi connectivity index (χ2v) is 3.77. The molecule has 3 heteroatoms. The van der Waals surface area contributed by atoms with Crippen LogP contribution in [0.4, 0.5) is 0 Å². The molecular weight excluding hydrogens is 216 g/mol. The van der Waals surface area contributed by atoms with Gasteiger partial charge in [0.1, 0.15) is 0 Å². The fourth-order valence-corrected chi connectivity index (χ4v) is 1.83. The van der Waals surface area contributed by atoms with E-state index in [9.17, 15) is 4.79 Å². The summed E-state index contributed by atoms with van der Waals surface area (Å²) < 4.78 is 0. The molecule has 0 aliphatic heterocycles. The highest BCUT2D eigenvalue weighted by molar-refractivity contribution is 5.90. The largest absolute Gasteiger partial charge is 0.515 e. The Morgan fingerprint density at radius 2 is 1.82 bits per heavy atom. The van der Waals surface area contributed by atoms with Crippen molar-refractivity contribution in [3.8, 4) is 0 Å². The van der Waals surface area contributed by atoms with Gasteiger partial charge >= 0.3 is 5.97 Å². The first-order valence-electron chi connectivity index (χ1n) is 5.25. The van der Waals surface area contributed by atoms with E-state index in [1.165, 1.54) is 0 Å². The van der Waals surface area contributed by atoms with Gasteiger partial charge in [0.05, 0.1) is 11.8 Å². The smallest absolute Gasteiger partial charge is 0.335 e. The molecule has 2 rings (SSSR count). The Bertz CT molecular complexity index is 580. The molecule has 2 N–H and O–H groups in total. The van der Waals surface area contributed by atoms with Crippen molar-refractivity contribution in [2.45, 2.75) is 6.42 Å². The molecule has 17 heavy (non-hydrogen) atoms. The summed E-state index contributed by atoms with van der Waals surface area (Å²) in [6, 6.07) is 13.5. The Morgan fingerprint density at radius 3 is 2.53 bits per heavy atom. The van der Waals surface area contributed by atoms with E-state index in [1.807, 2.05) is 42.5 Å². The second kappa shape index (κ2) is 4.70. The van der Waals surface area contributed by atoms with Gasteiger partial charge in [-0.15, -0.1) is 0 Å². The normalized spacial score (nSPS) is 11.6. The van der Waals surface area contributed by atoms with E-state index in [4.69, 9.17) is 10.2 Å². The van der Waals surface area contributed by atoms with Crippen LogP contribution in [0.3, 0.4) is 0 Å². The second-order valence-electron chi connectivity index (χ2n) is 3.77. The van der Waals surface area contributed by atoms with Crippen LogP contribution in [0.2, 0.25) is 0 Å². The minimum atomic E-state index is -1.10. The lowest BCUT2D eigenvalue weighted by Gasteiger charge is -2.06. The number of aliphatic carboxylic acids is 1. The molecule has 0 unspecified atom stereocenters. The third-order valence-electron chi connectivity index (χ3n) is 2.69. The van der Waals surface area contributed by atoms with E-state index >= 15 is 0 Å². The summed E-state index contributed by atoms with van der Waals surface area (Å²) in [5, 5.41) is 19.8. The highest BCUT2D eigenvalue weighted by atomic mass is 16.4. The van der Waals surface area contributed by atoms with Crippen molar-refractivity contribution in [3.05, 3.63) is 59.9 Å². The van der Waals surface area contributed by atoms with Crippen LogP contribution in [0.15, 0.2) is 54.3 Å². The van der Waals surface area contributed by atoms with Crippen molar-refractivity contribution in [2.75, 3.05) is 0 Å². The van der Waals surface area contributed by atoms with E-state index in [1.54, 1.807) is 0 Å². The summed E-state index contributed by atoms with van der Waals surface area (Å²) in [4.78, 5) is 10.8. The SMILES string of the molecule is O=C(O)C(=CO)Cc1cccc2ccccc12. The van der Waals surface area contributed by atoms with Crippen LogP contribution in [-0.2, 0) is 11.2 Å². The molecule has 86 valence electrons. The van der Waals surface area contributed by atoms with Crippen LogP contribution in [-0.4, -0.2) is 16.2 Å². The molecule has 0 radical (unpaired) electrons. The fourth-order valence-electron chi connectivity index (χ4n) is 1.83. The van der Waals surface area contributed by atoms with E-state index in [2.05, 4.69) is 0 Å². The average molecular weight is 228 g/mol. The van der Waals surface area contributed by atoms with Gasteiger partial charge in [-0.25, -0.2) is 4.79 Å². The molecule has 0 aliphatic rings. The molecule has 0 atom stereocenters. The molecule has 2 aromatic carbocycles. The minimum absolute atomic E-state index is 0.0126. The molecule has 0 saturated carbocycles. The first kappa shape index (κ1) is 11.2. The zero-order valence-electron chi connectivity index (χ0n) is 9.13. The lowest BCUT2D eigenvalue weighted by Crippen LogP contribution is -2.04. The van der Waals surface area contributed by atoms with Crippen LogP contribution < -0.4 is 0 Å². The number of hydrogen-bond acceptors (Lipinski definition) is 2. The molecule has 0 aliphatic carbocycles. The van der Waals surface area contributed by atoms with Gasteiger partial charge in [0.15, 0.2) is 0 Å². The maximum atomic E-state index is 10.8. The number of carboxylic acids is 1. The van der Waals surface area contributed by atoms with Gasteiger partial charge in [0.25, 0.3) is 0 Å². The molecule has 0 aromatic heterocycles. The summed E-state index contributed by atoms with van der Waals surface area (Å²) in [6.07, 6.45) is 0.872. The number of carboxylic acid groups (broad SMARTS) is 1. The van der Waals surface area contributed by atoms with E-state index in [0.29, 0.717) is 6.26 Å². The molecule has 3 nitrogen and oxygen atoms in total. The van der Waals surface area contributed by atoms with Gasteiger partial charge in [0, 0.05) is 6.42 Å². The van der Waals surface area contributed by atoms with Crippen molar-refractivity contribution in [3.63, 3.8) is 0 Å². The third-order valence-corrected chi connectivity index (χ3v) is 2.69. The van der Waals surface area contributed by atoms with E-state index < -0.39 is 5.97 Å². The van der Waals surface area contributed by atoms with Gasteiger partial charge in [-0.05, 0) is 16.3 Å². The molecule has 2 aromatic rings. The first-order valence-corrected chi connectivity index (χ1v) is 5.25. The Kier molecular flexibility index (Phi) is 3.10. The highest BCUT2D eigenvalue weighted by Gasteiger charge is 2.10. The van der Waals surface area contributed by atoms with Gasteiger partial charge in [-0.3, -0.25) is 0 Å². The zero-order chi connectivity index (χ0) is 12.3. The standard InChI is InChI=1S/C14H12O3/c15-9-12(14(16)17)8-11-6-3-5-10-4-1-2-7-13(10)11/h1-7,9,15H,8H2,(H,16,17). The zero-order valence-corrected chi connectivity index (χ0v) is 9.13. The Morgan fingerprint density at radius 1 is 1.12 bits per heavy atom. The molecule has 0 spiro atoms. The van der Waals surface area contributed by atoms with Crippen LogP contribution in [0.25, 0.3) is 10.8 Å². The lowest BCUT2D eigenvalue weighted by atomic mass is 9.99. The molecular formula is C14H12O3. The number of aliphatic hydroxyl groups excluding tert-OH is 1. The number of carbonyl (C=O) groups is 1. The summed E-state index contributed by atoms with van der Waals surface area (Å²) >= 11 is 0. The van der Waals surface area contributed by atoms with Gasteiger partial charge in [-0.1, -0.05) is 42.5 Å². The first-order chi connectivity index (χ1) is 8.22. The number of hydrogen-bond donors (Lipinski definition) is 2. The predicted octanol–water partition coefficient (Wildman–Crippen LogP) is 2.91. The number of aliphatic hydroxyl groups is 1. The Labute approximate surface area is 98.6 Å².